The molecule has 0 aliphatic rings. The standard InChI is InChI=1S/C12H25N3O4S/c1-5-15(6-2)11(16)9-14(3)12(17)10(13)7-8-20(4,18)19/h10H,5-9,13H2,1-4H3. The van der Waals surface area contributed by atoms with Gasteiger partial charge in [-0.15, -0.1) is 0 Å². The van der Waals surface area contributed by atoms with Crippen LogP contribution < -0.4 is 5.73 Å². The smallest absolute Gasteiger partial charge is 0.242 e. The van der Waals surface area contributed by atoms with E-state index in [0.717, 1.165) is 6.26 Å². The van der Waals surface area contributed by atoms with Gasteiger partial charge >= 0.3 is 0 Å². The number of hydrogen-bond acceptors (Lipinski definition) is 5. The highest BCUT2D eigenvalue weighted by Crippen LogP contribution is 2.00. The quantitative estimate of drug-likeness (QED) is 0.625. The maximum atomic E-state index is 11.9. The molecule has 0 saturated carbocycles. The summed E-state index contributed by atoms with van der Waals surface area (Å²) in [5.41, 5.74) is 5.66. The summed E-state index contributed by atoms with van der Waals surface area (Å²) in [5, 5.41) is 0. The Morgan fingerprint density at radius 1 is 1.20 bits per heavy atom. The summed E-state index contributed by atoms with van der Waals surface area (Å²) < 4.78 is 22.1. The number of nitrogens with zero attached hydrogens (tertiary/aromatic N) is 2. The van der Waals surface area contributed by atoms with E-state index in [1.54, 1.807) is 4.90 Å². The molecule has 0 aromatic heterocycles. The minimum atomic E-state index is -3.15. The topological polar surface area (TPSA) is 101 Å². The molecule has 1 atom stereocenters. The Kier molecular flexibility index (Phi) is 7.74. The number of amides is 2. The molecule has 0 fully saturated rings. The molecule has 0 aliphatic heterocycles. The van der Waals surface area contributed by atoms with Gasteiger partial charge in [0.1, 0.15) is 9.84 Å². The number of carbonyl (C=O) groups excluding carboxylic acids is 2. The van der Waals surface area contributed by atoms with Crippen molar-refractivity contribution in [3.8, 4) is 0 Å². The van der Waals surface area contributed by atoms with E-state index in [1.807, 2.05) is 13.8 Å². The van der Waals surface area contributed by atoms with E-state index < -0.39 is 21.8 Å². The lowest BCUT2D eigenvalue weighted by molar-refractivity contribution is -0.139. The zero-order valence-corrected chi connectivity index (χ0v) is 13.4. The molecular weight excluding hydrogens is 282 g/mol. The Balaban J connectivity index is 4.43. The molecule has 2 amide bonds. The molecule has 0 radical (unpaired) electrons. The zero-order chi connectivity index (χ0) is 15.9. The summed E-state index contributed by atoms with van der Waals surface area (Å²) in [6.07, 6.45) is 1.15. The van der Waals surface area contributed by atoms with Gasteiger partial charge in [-0.1, -0.05) is 0 Å². The van der Waals surface area contributed by atoms with Gasteiger partial charge in [0.05, 0.1) is 18.3 Å². The monoisotopic (exact) mass is 307 g/mol. The molecule has 2 N–H and O–H groups in total. The largest absolute Gasteiger partial charge is 0.342 e. The van der Waals surface area contributed by atoms with E-state index in [0.29, 0.717) is 13.1 Å². The first-order valence-corrected chi connectivity index (χ1v) is 8.64. The number of carbonyl (C=O) groups is 2. The van der Waals surface area contributed by atoms with Crippen molar-refractivity contribution in [1.82, 2.24) is 9.80 Å². The molecule has 0 aliphatic carbocycles. The molecule has 8 heteroatoms. The van der Waals surface area contributed by atoms with Crippen molar-refractivity contribution < 1.29 is 18.0 Å². The fourth-order valence-electron chi connectivity index (χ4n) is 1.70. The predicted octanol–water partition coefficient (Wildman–Crippen LogP) is -0.925. The Labute approximate surface area is 121 Å². The first-order valence-electron chi connectivity index (χ1n) is 6.58. The molecule has 1 unspecified atom stereocenters. The molecule has 0 heterocycles. The third kappa shape index (κ3) is 6.85. The molecule has 0 aromatic carbocycles. The van der Waals surface area contributed by atoms with Crippen LogP contribution in [0, 0.1) is 0 Å². The molecular formula is C12H25N3O4S. The SMILES string of the molecule is CCN(CC)C(=O)CN(C)C(=O)C(N)CCS(C)(=O)=O. The number of nitrogens with two attached hydrogens (primary N) is 1. The van der Waals surface area contributed by atoms with Crippen LogP contribution in [0.4, 0.5) is 0 Å². The van der Waals surface area contributed by atoms with Crippen molar-refractivity contribution in [3.63, 3.8) is 0 Å². The first kappa shape index (κ1) is 18.9. The van der Waals surface area contributed by atoms with Crippen LogP contribution in [0.2, 0.25) is 0 Å². The number of rotatable bonds is 8. The zero-order valence-electron chi connectivity index (χ0n) is 12.6. The second-order valence-electron chi connectivity index (χ2n) is 4.79. The molecule has 7 nitrogen and oxygen atoms in total. The lowest BCUT2D eigenvalue weighted by Crippen LogP contribution is -2.47. The van der Waals surface area contributed by atoms with Gasteiger partial charge in [0, 0.05) is 26.4 Å². The van der Waals surface area contributed by atoms with Crippen LogP contribution in [0.3, 0.4) is 0 Å². The Morgan fingerprint density at radius 2 is 1.70 bits per heavy atom. The van der Waals surface area contributed by atoms with Gasteiger partial charge in [0.2, 0.25) is 11.8 Å². The van der Waals surface area contributed by atoms with Crippen molar-refractivity contribution in [1.29, 1.82) is 0 Å². The molecule has 118 valence electrons. The minimum Gasteiger partial charge on any atom is -0.342 e. The van der Waals surface area contributed by atoms with Crippen molar-refractivity contribution in [2.24, 2.45) is 5.73 Å². The van der Waals surface area contributed by atoms with Crippen LogP contribution in [0.5, 0.6) is 0 Å². The minimum absolute atomic E-state index is 0.0485. The van der Waals surface area contributed by atoms with E-state index in [-0.39, 0.29) is 24.6 Å². The number of hydrogen-bond donors (Lipinski definition) is 1. The lowest BCUT2D eigenvalue weighted by Gasteiger charge is -2.25. The van der Waals surface area contributed by atoms with E-state index in [4.69, 9.17) is 5.73 Å². The molecule has 20 heavy (non-hydrogen) atoms. The summed E-state index contributed by atoms with van der Waals surface area (Å²) in [6.45, 7) is 4.84. The summed E-state index contributed by atoms with van der Waals surface area (Å²) >= 11 is 0. The van der Waals surface area contributed by atoms with E-state index >= 15 is 0 Å². The third-order valence-corrected chi connectivity index (χ3v) is 3.96. The average Bonchev–Trinajstić information content (AvgIpc) is 2.35. The fraction of sp³-hybridized carbons (Fsp3) is 0.833. The van der Waals surface area contributed by atoms with Gasteiger partial charge < -0.3 is 15.5 Å². The fourth-order valence-corrected chi connectivity index (χ4v) is 2.39. The van der Waals surface area contributed by atoms with Crippen molar-refractivity contribution in [2.75, 3.05) is 38.7 Å². The van der Waals surface area contributed by atoms with Crippen LogP contribution in [0.1, 0.15) is 20.3 Å². The average molecular weight is 307 g/mol. The lowest BCUT2D eigenvalue weighted by atomic mass is 10.2. The van der Waals surface area contributed by atoms with Crippen LogP contribution in [0.15, 0.2) is 0 Å². The first-order chi connectivity index (χ1) is 9.12. The third-order valence-electron chi connectivity index (χ3n) is 2.98. The molecule has 0 saturated heterocycles. The van der Waals surface area contributed by atoms with Gasteiger partial charge in [-0.05, 0) is 20.3 Å². The summed E-state index contributed by atoms with van der Waals surface area (Å²) in [4.78, 5) is 26.6. The number of sulfone groups is 1. The Bertz CT molecular complexity index is 432. The van der Waals surface area contributed by atoms with Crippen molar-refractivity contribution >= 4 is 21.7 Å². The van der Waals surface area contributed by atoms with E-state index in [9.17, 15) is 18.0 Å². The molecule has 0 spiro atoms. The maximum Gasteiger partial charge on any atom is 0.242 e. The highest BCUT2D eigenvalue weighted by atomic mass is 32.2. The second-order valence-corrected chi connectivity index (χ2v) is 7.05. The number of likely N-dealkylation sites (N-methyl/N-ethyl adjacent to an activating group) is 2. The summed E-state index contributed by atoms with van der Waals surface area (Å²) in [5.74, 6) is -0.715. The summed E-state index contributed by atoms with van der Waals surface area (Å²) in [7, 11) is -1.66. The van der Waals surface area contributed by atoms with Crippen LogP contribution in [-0.4, -0.2) is 74.8 Å². The highest BCUT2D eigenvalue weighted by Gasteiger charge is 2.22. The Hall–Kier alpha value is -1.15. The molecule has 0 rings (SSSR count). The highest BCUT2D eigenvalue weighted by molar-refractivity contribution is 7.90. The normalized spacial score (nSPS) is 12.8. The maximum absolute atomic E-state index is 11.9. The van der Waals surface area contributed by atoms with Crippen LogP contribution in [0.25, 0.3) is 0 Å². The second kappa shape index (κ2) is 8.21. The van der Waals surface area contributed by atoms with Crippen molar-refractivity contribution in [3.05, 3.63) is 0 Å². The summed E-state index contributed by atoms with van der Waals surface area (Å²) in [6, 6.07) is -0.903. The van der Waals surface area contributed by atoms with Gasteiger partial charge in [0.15, 0.2) is 0 Å². The van der Waals surface area contributed by atoms with E-state index in [2.05, 4.69) is 0 Å². The van der Waals surface area contributed by atoms with Crippen LogP contribution in [-0.2, 0) is 19.4 Å². The van der Waals surface area contributed by atoms with Gasteiger partial charge in [-0.3, -0.25) is 9.59 Å². The Morgan fingerprint density at radius 3 is 2.10 bits per heavy atom. The van der Waals surface area contributed by atoms with Crippen LogP contribution >= 0.6 is 0 Å². The molecule has 0 aromatic rings. The van der Waals surface area contributed by atoms with E-state index in [1.165, 1.54) is 11.9 Å². The van der Waals surface area contributed by atoms with Gasteiger partial charge in [0.25, 0.3) is 0 Å². The predicted molar refractivity (Wildman–Crippen MR) is 77.9 cm³/mol. The van der Waals surface area contributed by atoms with Crippen molar-refractivity contribution in [2.45, 2.75) is 26.3 Å². The van der Waals surface area contributed by atoms with Gasteiger partial charge in [-0.25, -0.2) is 8.42 Å². The molecule has 0 bridgehead atoms. The van der Waals surface area contributed by atoms with Gasteiger partial charge in [-0.2, -0.15) is 0 Å².